The summed E-state index contributed by atoms with van der Waals surface area (Å²) in [6.45, 7) is 13.6. The van der Waals surface area contributed by atoms with Gasteiger partial charge in [0.2, 0.25) is 5.91 Å². The first-order valence-corrected chi connectivity index (χ1v) is 19.2. The molecule has 4 atom stereocenters. The van der Waals surface area contributed by atoms with E-state index >= 15 is 0 Å². The molecule has 2 aliphatic carbocycles. The summed E-state index contributed by atoms with van der Waals surface area (Å²) in [4.78, 5) is 51.0. The zero-order chi connectivity index (χ0) is 39.8. The first-order valence-electron chi connectivity index (χ1n) is 17.6. The summed E-state index contributed by atoms with van der Waals surface area (Å²) in [5.74, 6) is -1.43. The fourth-order valence-electron chi connectivity index (χ4n) is 6.71. The molecule has 288 valence electrons. The zero-order valence-electron chi connectivity index (χ0n) is 30.1. The van der Waals surface area contributed by atoms with E-state index in [1.54, 1.807) is 20.1 Å². The number of amides is 3. The minimum Gasteiger partial charge on any atom is -0.475 e. The maximum absolute atomic E-state index is 12.7. The van der Waals surface area contributed by atoms with Crippen LogP contribution in [-0.4, -0.2) is 96.7 Å². The van der Waals surface area contributed by atoms with E-state index in [1.807, 2.05) is 25.3 Å². The summed E-state index contributed by atoms with van der Waals surface area (Å²) in [5.41, 5.74) is 12.8. The minimum absolute atomic E-state index is 0.0542. The number of halogens is 2. The van der Waals surface area contributed by atoms with Gasteiger partial charge in [-0.1, -0.05) is 13.8 Å². The molecular weight excluding hydrogens is 840 g/mol. The highest BCUT2D eigenvalue weighted by Crippen LogP contribution is 2.47. The molecule has 2 saturated carbocycles. The second kappa shape index (κ2) is 15.5. The molecule has 0 aromatic carbocycles. The van der Waals surface area contributed by atoms with Gasteiger partial charge in [-0.3, -0.25) is 19.2 Å². The van der Waals surface area contributed by atoms with Crippen LogP contribution in [0.3, 0.4) is 0 Å². The number of carboxylic acids is 1. The Balaban J connectivity index is 0.000000160. The molecule has 19 heteroatoms. The molecule has 4 aromatic rings. The third-order valence-corrected chi connectivity index (χ3v) is 11.4. The molecule has 8 N–H and O–H groups in total. The number of fused-ring (bicyclic) bond motifs is 2. The Morgan fingerprint density at radius 2 is 1.44 bits per heavy atom. The molecule has 17 nitrogen and oxygen atoms in total. The highest BCUT2D eigenvalue weighted by atomic mass is 79.9. The number of anilines is 2. The van der Waals surface area contributed by atoms with Gasteiger partial charge in [0.25, 0.3) is 11.8 Å². The number of carbonyl (C=O) groups is 4. The van der Waals surface area contributed by atoms with Crippen LogP contribution in [0.2, 0.25) is 0 Å². The molecule has 4 aliphatic rings. The average molecular weight is 881 g/mol. The van der Waals surface area contributed by atoms with Crippen LogP contribution in [0.15, 0.2) is 45.9 Å². The maximum Gasteiger partial charge on any atom is 0.390 e. The van der Waals surface area contributed by atoms with Gasteiger partial charge < -0.3 is 37.4 Å². The summed E-state index contributed by atoms with van der Waals surface area (Å²) >= 11 is 6.85. The number of carbonyl (C=O) groups excluding carboxylic acids is 3. The first kappa shape index (κ1) is 39.5. The minimum atomic E-state index is -1.00. The molecule has 0 spiro atoms. The highest BCUT2D eigenvalue weighted by molar-refractivity contribution is 9.10. The molecular formula is C36H40Br2N12O5. The molecule has 3 amide bonds. The number of primary amides is 2. The van der Waals surface area contributed by atoms with Crippen molar-refractivity contribution in [3.63, 3.8) is 0 Å². The average Bonchev–Trinajstić information content (AvgIpc) is 3.94. The Labute approximate surface area is 332 Å². The van der Waals surface area contributed by atoms with E-state index in [9.17, 15) is 24.4 Å². The number of nitriles is 1. The smallest absolute Gasteiger partial charge is 0.390 e. The lowest BCUT2D eigenvalue weighted by Crippen LogP contribution is -2.36. The van der Waals surface area contributed by atoms with Crippen molar-refractivity contribution >= 4 is 78.0 Å². The number of hydrogen-bond acceptors (Lipinski definition) is 10. The van der Waals surface area contributed by atoms with Gasteiger partial charge in [-0.2, -0.15) is 15.5 Å². The van der Waals surface area contributed by atoms with E-state index in [2.05, 4.69) is 75.8 Å². The van der Waals surface area contributed by atoms with Crippen LogP contribution in [-0.2, 0) is 9.59 Å². The van der Waals surface area contributed by atoms with Gasteiger partial charge >= 0.3 is 11.5 Å². The number of nitrogens with one attached hydrogen (secondary N) is 3. The maximum atomic E-state index is 12.7. The monoisotopic (exact) mass is 878 g/mol. The van der Waals surface area contributed by atoms with Gasteiger partial charge in [0.15, 0.2) is 0 Å². The highest BCUT2D eigenvalue weighted by Gasteiger charge is 2.59. The Morgan fingerprint density at radius 3 is 1.82 bits per heavy atom. The number of rotatable bonds is 8. The third kappa shape index (κ3) is 8.10. The van der Waals surface area contributed by atoms with Crippen LogP contribution in [0.25, 0.3) is 15.9 Å². The standard InChI is InChI=1S/C18H19BrN6O2.C13H16BrN5O.C5H5NO2/c1-10-6-24(17(27)18(9-20)2-3-18)8-13(10)23-15-12(16(21)26)5-22-25-7-11(19)4-14(15)25;1-7-3-16-5-10(7)18-12-9(13(15)20)4-17-19-6-8(14)2-11(12)19;1-6-5(2-3-5)4(7)8/h4-5,7,10,13,23H,2-3,6,8H2,1H3,(H2,21,26);2,4,6-7,10,16,18H,3,5H2,1H3,(H2,15,20);2-3H2,(H,7,8)/t10-,13+;7-,10+;/m00./s1. The van der Waals surface area contributed by atoms with Gasteiger partial charge in [-0.25, -0.2) is 20.4 Å². The van der Waals surface area contributed by atoms with E-state index in [1.165, 1.54) is 12.4 Å². The van der Waals surface area contributed by atoms with Crippen LogP contribution in [0, 0.1) is 35.2 Å². The van der Waals surface area contributed by atoms with Gasteiger partial charge in [-0.15, -0.1) is 0 Å². The predicted octanol–water partition coefficient (Wildman–Crippen LogP) is 3.50. The molecule has 2 aliphatic heterocycles. The van der Waals surface area contributed by atoms with Crippen molar-refractivity contribution in [1.82, 2.24) is 29.4 Å². The van der Waals surface area contributed by atoms with Crippen molar-refractivity contribution in [2.24, 2.45) is 28.7 Å². The quantitative estimate of drug-likeness (QED) is 0.140. The van der Waals surface area contributed by atoms with E-state index < -0.39 is 28.7 Å². The molecule has 0 unspecified atom stereocenters. The van der Waals surface area contributed by atoms with Crippen molar-refractivity contribution in [1.29, 1.82) is 5.26 Å². The van der Waals surface area contributed by atoms with Crippen molar-refractivity contribution in [2.45, 2.75) is 57.2 Å². The fraction of sp³-hybridized carbons (Fsp3) is 0.444. The lowest BCUT2D eigenvalue weighted by molar-refractivity contribution is -0.138. The summed E-state index contributed by atoms with van der Waals surface area (Å²) in [6, 6.07) is 6.17. The molecule has 4 fully saturated rings. The number of aromatic nitrogens is 4. The molecule has 8 rings (SSSR count). The first-order chi connectivity index (χ1) is 26.1. The molecule has 6 heterocycles. The third-order valence-electron chi connectivity index (χ3n) is 10.5. The van der Waals surface area contributed by atoms with Gasteiger partial charge in [-0.05, 0) is 75.2 Å². The van der Waals surface area contributed by atoms with Gasteiger partial charge in [0, 0.05) is 65.9 Å². The van der Waals surface area contributed by atoms with Gasteiger partial charge in [0.1, 0.15) is 5.41 Å². The molecule has 55 heavy (non-hydrogen) atoms. The summed E-state index contributed by atoms with van der Waals surface area (Å²) in [5, 5.41) is 36.2. The van der Waals surface area contributed by atoms with Crippen LogP contribution in [0.4, 0.5) is 11.4 Å². The fourth-order valence-corrected chi connectivity index (χ4v) is 7.54. The van der Waals surface area contributed by atoms with E-state index in [-0.39, 0.29) is 23.9 Å². The van der Waals surface area contributed by atoms with Crippen molar-refractivity contribution in [2.75, 3.05) is 36.8 Å². The van der Waals surface area contributed by atoms with E-state index in [4.69, 9.17) is 23.1 Å². The number of likely N-dealkylation sites (tertiary alicyclic amines) is 1. The number of aliphatic carboxylic acids is 1. The Bertz CT molecular complexity index is 2270. The molecule has 0 bridgehead atoms. The van der Waals surface area contributed by atoms with Crippen LogP contribution < -0.4 is 27.4 Å². The second-order valence-corrected chi connectivity index (χ2v) is 16.4. The van der Waals surface area contributed by atoms with Crippen LogP contribution in [0.1, 0.15) is 60.2 Å². The zero-order valence-corrected chi connectivity index (χ0v) is 33.2. The number of nitrogens with zero attached hydrogens (tertiary/aromatic N) is 7. The predicted molar refractivity (Wildman–Crippen MR) is 209 cm³/mol. The Morgan fingerprint density at radius 1 is 0.909 bits per heavy atom. The number of carboxylic acid groups (broad SMARTS) is 1. The normalized spacial score (nSPS) is 22.6. The molecule has 0 radical (unpaired) electrons. The van der Waals surface area contributed by atoms with E-state index in [0.29, 0.717) is 61.5 Å². The lowest BCUT2D eigenvalue weighted by Gasteiger charge is -2.21. The number of hydrogen-bond donors (Lipinski definition) is 6. The summed E-state index contributed by atoms with van der Waals surface area (Å²) in [7, 11) is 0. The summed E-state index contributed by atoms with van der Waals surface area (Å²) < 4.78 is 5.13. The Kier molecular flexibility index (Phi) is 11.1. The summed E-state index contributed by atoms with van der Waals surface area (Å²) in [6.07, 6.45) is 8.95. The van der Waals surface area contributed by atoms with Crippen molar-refractivity contribution in [3.8, 4) is 6.07 Å². The molecule has 4 aromatic heterocycles. The largest absolute Gasteiger partial charge is 0.475 e. The van der Waals surface area contributed by atoms with Gasteiger partial charge in [0.05, 0.1) is 52.0 Å². The second-order valence-electron chi connectivity index (χ2n) is 14.5. The topological polar surface area (TPSA) is 243 Å². The Hall–Kier alpha value is -5.24. The lowest BCUT2D eigenvalue weighted by atomic mass is 10.1. The van der Waals surface area contributed by atoms with Crippen molar-refractivity contribution in [3.05, 3.63) is 68.4 Å². The molecule has 2 saturated heterocycles. The van der Waals surface area contributed by atoms with Crippen molar-refractivity contribution < 1.29 is 24.3 Å². The van der Waals surface area contributed by atoms with Crippen LogP contribution in [0.5, 0.6) is 0 Å². The van der Waals surface area contributed by atoms with Crippen LogP contribution >= 0.6 is 31.9 Å². The SMILES string of the molecule is C[C@H]1CN(C(=O)C2(C#N)CC2)C[C@H]1Nc1c(C(N)=O)cnn2cc(Br)cc12.C[C@H]1CNC[C@H]1Nc1c(C(N)=O)cnn2cc(Br)cc12.[C-]#[N+]C1(C(=O)O)CC1. The van der Waals surface area contributed by atoms with E-state index in [0.717, 1.165) is 38.8 Å². The number of nitrogens with two attached hydrogens (primary N) is 2.